The van der Waals surface area contributed by atoms with Gasteiger partial charge in [-0.15, -0.1) is 0 Å². The quantitative estimate of drug-likeness (QED) is 0.638. The van der Waals surface area contributed by atoms with Crippen LogP contribution in [0.15, 0.2) is 24.3 Å². The summed E-state index contributed by atoms with van der Waals surface area (Å²) in [6.45, 7) is 2.18. The predicted molar refractivity (Wildman–Crippen MR) is 91.5 cm³/mol. The number of esters is 1. The molecule has 3 rings (SSSR count). The van der Waals surface area contributed by atoms with Gasteiger partial charge in [0.25, 0.3) is 0 Å². The Hall–Kier alpha value is -2.45. The predicted octanol–water partition coefficient (Wildman–Crippen LogP) is 1.17. The number of anilines is 1. The fraction of sp³-hybridized carbons (Fsp3) is 0.500. The molecule has 0 saturated carbocycles. The Bertz CT molecular complexity index is 689. The van der Waals surface area contributed by atoms with Gasteiger partial charge in [-0.25, -0.2) is 4.79 Å². The Morgan fingerprint density at radius 1 is 1.19 bits per heavy atom. The second-order valence-electron chi connectivity index (χ2n) is 6.29. The molecule has 1 aromatic rings. The number of ether oxygens (including phenoxy) is 3. The number of nitrogens with zero attached hydrogens (tertiary/aromatic N) is 1. The van der Waals surface area contributed by atoms with Crippen molar-refractivity contribution in [2.75, 3.05) is 38.7 Å². The molecule has 0 aliphatic carbocycles. The lowest BCUT2D eigenvalue weighted by molar-refractivity contribution is -0.187. The first-order valence-corrected chi connectivity index (χ1v) is 8.55. The van der Waals surface area contributed by atoms with Gasteiger partial charge in [0.05, 0.1) is 25.9 Å². The van der Waals surface area contributed by atoms with Crippen LogP contribution in [0.2, 0.25) is 0 Å². The molecule has 2 saturated heterocycles. The first-order valence-electron chi connectivity index (χ1n) is 8.55. The van der Waals surface area contributed by atoms with E-state index in [4.69, 9.17) is 9.47 Å². The smallest absolute Gasteiger partial charge is 0.337 e. The van der Waals surface area contributed by atoms with Crippen LogP contribution in [-0.2, 0) is 23.8 Å². The van der Waals surface area contributed by atoms with E-state index in [1.165, 1.54) is 13.2 Å². The molecule has 0 radical (unpaired) electrons. The van der Waals surface area contributed by atoms with Crippen LogP contribution in [-0.4, -0.2) is 61.9 Å². The summed E-state index contributed by atoms with van der Waals surface area (Å²) in [7, 11) is 1.29. The van der Waals surface area contributed by atoms with Crippen LogP contribution >= 0.6 is 0 Å². The molecule has 0 atom stereocenters. The normalized spacial score (nSPS) is 18.6. The lowest BCUT2D eigenvalue weighted by atomic mass is 10.0. The molecule has 2 fully saturated rings. The highest BCUT2D eigenvalue weighted by molar-refractivity contribution is 6.04. The Kier molecular flexibility index (Phi) is 5.53. The van der Waals surface area contributed by atoms with Gasteiger partial charge in [0.15, 0.2) is 5.79 Å². The molecule has 140 valence electrons. The minimum absolute atomic E-state index is 0.237. The number of hydrogen-bond donors (Lipinski definition) is 1. The number of hydrogen-bond acceptors (Lipinski definition) is 6. The monoisotopic (exact) mass is 362 g/mol. The van der Waals surface area contributed by atoms with Crippen molar-refractivity contribution in [2.45, 2.75) is 25.0 Å². The summed E-state index contributed by atoms with van der Waals surface area (Å²) in [5, 5.41) is 2.64. The van der Waals surface area contributed by atoms with E-state index in [0.29, 0.717) is 50.4 Å². The number of nitrogens with one attached hydrogen (secondary N) is 1. The Labute approximate surface area is 151 Å². The van der Waals surface area contributed by atoms with Crippen LogP contribution < -0.4 is 5.32 Å². The number of methoxy groups -OCH3 is 1. The average molecular weight is 362 g/mol. The van der Waals surface area contributed by atoms with Crippen LogP contribution in [0.5, 0.6) is 0 Å². The van der Waals surface area contributed by atoms with Gasteiger partial charge >= 0.3 is 5.97 Å². The molecule has 0 bridgehead atoms. The summed E-state index contributed by atoms with van der Waals surface area (Å²) >= 11 is 0. The lowest BCUT2D eigenvalue weighted by Crippen LogP contribution is -2.47. The fourth-order valence-electron chi connectivity index (χ4n) is 3.18. The molecule has 26 heavy (non-hydrogen) atoms. The molecule has 1 spiro atoms. The maximum Gasteiger partial charge on any atom is 0.337 e. The molecule has 2 amide bonds. The van der Waals surface area contributed by atoms with E-state index in [-0.39, 0.29) is 12.3 Å². The molecular formula is C18H22N2O6. The summed E-state index contributed by atoms with van der Waals surface area (Å²) in [6, 6.07) is 6.38. The van der Waals surface area contributed by atoms with Gasteiger partial charge < -0.3 is 24.4 Å². The van der Waals surface area contributed by atoms with Crippen LogP contribution in [0, 0.1) is 0 Å². The average Bonchev–Trinajstić information content (AvgIpc) is 3.09. The number of carbonyl (C=O) groups excluding carboxylic acids is 3. The zero-order valence-electron chi connectivity index (χ0n) is 14.7. The van der Waals surface area contributed by atoms with Crippen molar-refractivity contribution in [3.05, 3.63) is 29.8 Å². The molecular weight excluding hydrogens is 340 g/mol. The van der Waals surface area contributed by atoms with Gasteiger partial charge in [-0.2, -0.15) is 0 Å². The van der Waals surface area contributed by atoms with Crippen molar-refractivity contribution in [3.8, 4) is 0 Å². The van der Waals surface area contributed by atoms with E-state index in [0.717, 1.165) is 0 Å². The van der Waals surface area contributed by atoms with E-state index in [2.05, 4.69) is 10.1 Å². The Balaban J connectivity index is 1.50. The number of benzene rings is 1. The van der Waals surface area contributed by atoms with E-state index in [9.17, 15) is 14.4 Å². The standard InChI is InChI=1S/C18H22N2O6/c1-24-17(23)13-3-2-4-14(11-13)19-15(21)12-16(22)20-7-5-18(6-8-20)25-9-10-26-18/h2-4,11H,5-10,12H2,1H3,(H,19,21). The van der Waals surface area contributed by atoms with Gasteiger partial charge in [-0.1, -0.05) is 6.07 Å². The van der Waals surface area contributed by atoms with E-state index >= 15 is 0 Å². The van der Waals surface area contributed by atoms with Crippen molar-refractivity contribution < 1.29 is 28.6 Å². The first-order chi connectivity index (χ1) is 12.5. The van der Waals surface area contributed by atoms with Crippen LogP contribution in [0.1, 0.15) is 29.6 Å². The van der Waals surface area contributed by atoms with E-state index < -0.39 is 17.7 Å². The van der Waals surface area contributed by atoms with Gasteiger partial charge in [0, 0.05) is 31.6 Å². The first kappa shape index (κ1) is 18.3. The second-order valence-corrected chi connectivity index (χ2v) is 6.29. The summed E-state index contributed by atoms with van der Waals surface area (Å²) < 4.78 is 15.9. The van der Waals surface area contributed by atoms with Crippen molar-refractivity contribution >= 4 is 23.5 Å². The topological polar surface area (TPSA) is 94.2 Å². The second kappa shape index (κ2) is 7.84. The highest BCUT2D eigenvalue weighted by Crippen LogP contribution is 2.31. The lowest BCUT2D eigenvalue weighted by Gasteiger charge is -2.37. The third kappa shape index (κ3) is 4.20. The number of carbonyl (C=O) groups is 3. The number of amides is 2. The van der Waals surface area contributed by atoms with Crippen molar-refractivity contribution in [1.29, 1.82) is 0 Å². The van der Waals surface area contributed by atoms with Crippen molar-refractivity contribution in [1.82, 2.24) is 4.90 Å². The van der Waals surface area contributed by atoms with Gasteiger partial charge in [-0.3, -0.25) is 9.59 Å². The fourth-order valence-corrected chi connectivity index (χ4v) is 3.18. The van der Waals surface area contributed by atoms with Crippen LogP contribution in [0.25, 0.3) is 0 Å². The number of piperidine rings is 1. The maximum atomic E-state index is 12.3. The zero-order chi connectivity index (χ0) is 18.6. The summed E-state index contributed by atoms with van der Waals surface area (Å²) in [6.07, 6.45) is 0.972. The summed E-state index contributed by atoms with van der Waals surface area (Å²) in [4.78, 5) is 37.7. The third-order valence-corrected chi connectivity index (χ3v) is 4.57. The largest absolute Gasteiger partial charge is 0.465 e. The highest BCUT2D eigenvalue weighted by Gasteiger charge is 2.40. The third-order valence-electron chi connectivity index (χ3n) is 4.57. The molecule has 1 aromatic carbocycles. The van der Waals surface area contributed by atoms with Crippen LogP contribution in [0.3, 0.4) is 0 Å². The van der Waals surface area contributed by atoms with E-state index in [1.807, 2.05) is 0 Å². The molecule has 8 nitrogen and oxygen atoms in total. The molecule has 1 N–H and O–H groups in total. The zero-order valence-corrected chi connectivity index (χ0v) is 14.7. The molecule has 2 aliphatic heterocycles. The SMILES string of the molecule is COC(=O)c1cccc(NC(=O)CC(=O)N2CCC3(CC2)OCCO3)c1. The molecule has 2 aliphatic rings. The highest BCUT2D eigenvalue weighted by atomic mass is 16.7. The summed E-state index contributed by atoms with van der Waals surface area (Å²) in [5.74, 6) is -1.70. The van der Waals surface area contributed by atoms with Crippen LogP contribution in [0.4, 0.5) is 5.69 Å². The molecule has 8 heteroatoms. The van der Waals surface area contributed by atoms with Gasteiger partial charge in [-0.05, 0) is 18.2 Å². The molecule has 0 aromatic heterocycles. The van der Waals surface area contributed by atoms with E-state index in [1.54, 1.807) is 23.1 Å². The minimum atomic E-state index is -0.548. The Morgan fingerprint density at radius 3 is 2.54 bits per heavy atom. The number of likely N-dealkylation sites (tertiary alicyclic amines) is 1. The minimum Gasteiger partial charge on any atom is -0.465 e. The van der Waals surface area contributed by atoms with Crippen molar-refractivity contribution in [3.63, 3.8) is 0 Å². The van der Waals surface area contributed by atoms with Gasteiger partial charge in [0.2, 0.25) is 11.8 Å². The molecule has 0 unspecified atom stereocenters. The maximum absolute atomic E-state index is 12.3. The Morgan fingerprint density at radius 2 is 1.88 bits per heavy atom. The van der Waals surface area contributed by atoms with Gasteiger partial charge in [0.1, 0.15) is 6.42 Å². The number of rotatable bonds is 4. The molecule has 2 heterocycles. The summed E-state index contributed by atoms with van der Waals surface area (Å²) in [5.41, 5.74) is 0.769. The van der Waals surface area contributed by atoms with Crippen molar-refractivity contribution in [2.24, 2.45) is 0 Å².